The van der Waals surface area contributed by atoms with Gasteiger partial charge in [-0.25, -0.2) is 8.42 Å². The quantitative estimate of drug-likeness (QED) is 0.655. The minimum Gasteiger partial charge on any atom is -0.350 e. The summed E-state index contributed by atoms with van der Waals surface area (Å²) in [5.74, 6) is -0.322. The monoisotopic (exact) mass is 457 g/mol. The molecule has 2 aromatic rings. The van der Waals surface area contributed by atoms with Gasteiger partial charge in [-0.15, -0.1) is 0 Å². The average Bonchev–Trinajstić information content (AvgIpc) is 2.74. The summed E-state index contributed by atoms with van der Waals surface area (Å²) in [4.78, 5) is 15.4. The highest BCUT2D eigenvalue weighted by molar-refractivity contribution is 7.92. The highest BCUT2D eigenvalue weighted by atomic mass is 32.2. The lowest BCUT2D eigenvalue weighted by atomic mass is 10.1. The van der Waals surface area contributed by atoms with Crippen LogP contribution in [-0.2, 0) is 27.9 Å². The summed E-state index contributed by atoms with van der Waals surface area (Å²) in [6.45, 7) is 8.95. The molecule has 1 heterocycles. The lowest BCUT2D eigenvalue weighted by Gasteiger charge is -2.30. The molecular formula is C25H35N3O3S. The Labute approximate surface area is 192 Å². The number of nitrogens with one attached hydrogen (secondary N) is 1. The van der Waals surface area contributed by atoms with E-state index in [2.05, 4.69) is 22.3 Å². The second-order valence-corrected chi connectivity index (χ2v) is 10.8. The maximum atomic E-state index is 13.0. The van der Waals surface area contributed by atoms with Gasteiger partial charge in [-0.1, -0.05) is 42.8 Å². The van der Waals surface area contributed by atoms with Crippen LogP contribution >= 0.6 is 0 Å². The fourth-order valence-corrected chi connectivity index (χ4v) is 5.51. The number of anilines is 1. The van der Waals surface area contributed by atoms with Gasteiger partial charge < -0.3 is 5.32 Å². The van der Waals surface area contributed by atoms with E-state index in [4.69, 9.17) is 0 Å². The topological polar surface area (TPSA) is 69.7 Å². The molecule has 0 radical (unpaired) electrons. The van der Waals surface area contributed by atoms with Crippen molar-refractivity contribution in [3.8, 4) is 0 Å². The molecular weight excluding hydrogens is 422 g/mol. The van der Waals surface area contributed by atoms with Gasteiger partial charge in [0.15, 0.2) is 0 Å². The molecule has 0 aromatic heterocycles. The first-order valence-corrected chi connectivity index (χ1v) is 13.1. The van der Waals surface area contributed by atoms with Crippen molar-refractivity contribution in [2.75, 3.05) is 23.7 Å². The molecule has 0 saturated carbocycles. The van der Waals surface area contributed by atoms with E-state index in [1.54, 1.807) is 6.92 Å². The van der Waals surface area contributed by atoms with Crippen molar-refractivity contribution < 1.29 is 13.2 Å². The van der Waals surface area contributed by atoms with Crippen LogP contribution in [0, 0.1) is 13.8 Å². The van der Waals surface area contributed by atoms with Crippen molar-refractivity contribution in [2.24, 2.45) is 0 Å². The minimum absolute atomic E-state index is 0.322. The molecule has 6 nitrogen and oxygen atoms in total. The molecule has 1 atom stereocenters. The molecule has 1 fully saturated rings. The van der Waals surface area contributed by atoms with Crippen LogP contribution in [0.1, 0.15) is 48.4 Å². The van der Waals surface area contributed by atoms with Gasteiger partial charge in [-0.2, -0.15) is 0 Å². The van der Waals surface area contributed by atoms with Crippen LogP contribution < -0.4 is 9.62 Å². The Morgan fingerprint density at radius 1 is 1.06 bits per heavy atom. The first kappa shape index (κ1) is 24.3. The summed E-state index contributed by atoms with van der Waals surface area (Å²) in [6.07, 6.45) is 4.96. The number of rotatable bonds is 8. The Balaban J connectivity index is 1.69. The summed E-state index contributed by atoms with van der Waals surface area (Å²) in [6, 6.07) is 13.0. The molecule has 1 N–H and O–H groups in total. The van der Waals surface area contributed by atoms with Crippen LogP contribution in [0.5, 0.6) is 0 Å². The van der Waals surface area contributed by atoms with Gasteiger partial charge in [-0.05, 0) is 75.0 Å². The fraction of sp³-hybridized carbons (Fsp3) is 0.480. The predicted octanol–water partition coefficient (Wildman–Crippen LogP) is 3.76. The number of piperidine rings is 1. The van der Waals surface area contributed by atoms with E-state index in [-0.39, 0.29) is 5.91 Å². The lowest BCUT2D eigenvalue weighted by molar-refractivity contribution is -0.122. The van der Waals surface area contributed by atoms with Crippen LogP contribution in [0.4, 0.5) is 5.69 Å². The smallest absolute Gasteiger partial charge is 0.243 e. The Hall–Kier alpha value is -2.38. The molecule has 2 aromatic carbocycles. The van der Waals surface area contributed by atoms with Crippen molar-refractivity contribution in [2.45, 2.75) is 59.2 Å². The van der Waals surface area contributed by atoms with Crippen LogP contribution in [-0.4, -0.2) is 44.6 Å². The van der Waals surface area contributed by atoms with Crippen LogP contribution in [0.25, 0.3) is 0 Å². The van der Waals surface area contributed by atoms with Gasteiger partial charge in [0.1, 0.15) is 6.04 Å². The molecule has 174 valence electrons. The Morgan fingerprint density at radius 3 is 2.44 bits per heavy atom. The zero-order valence-corrected chi connectivity index (χ0v) is 20.4. The van der Waals surface area contributed by atoms with E-state index in [1.165, 1.54) is 29.1 Å². The number of hydrogen-bond acceptors (Lipinski definition) is 4. The molecule has 1 aliphatic heterocycles. The summed E-state index contributed by atoms with van der Waals surface area (Å²) in [5, 5.41) is 2.93. The number of benzene rings is 2. The van der Waals surface area contributed by atoms with Gasteiger partial charge in [0, 0.05) is 13.1 Å². The van der Waals surface area contributed by atoms with Crippen molar-refractivity contribution in [1.29, 1.82) is 0 Å². The van der Waals surface area contributed by atoms with Crippen LogP contribution in [0.15, 0.2) is 42.5 Å². The first-order chi connectivity index (χ1) is 15.1. The van der Waals surface area contributed by atoms with Crippen molar-refractivity contribution >= 4 is 21.6 Å². The molecule has 7 heteroatoms. The standard InChI is InChI=1S/C25H35N3O3S/c1-19-11-12-20(2)24(15-19)28(32(4,30)31)21(3)25(29)26-17-22-9-8-10-23(16-22)18-27-13-6-5-7-14-27/h8-12,15-16,21H,5-7,13-14,17-18H2,1-4H3,(H,26,29)/t21-/m1/s1. The van der Waals surface area contributed by atoms with E-state index in [0.29, 0.717) is 12.2 Å². The van der Waals surface area contributed by atoms with E-state index in [1.807, 2.05) is 44.2 Å². The molecule has 32 heavy (non-hydrogen) atoms. The number of aryl methyl sites for hydroxylation is 2. The number of nitrogens with zero attached hydrogens (tertiary/aromatic N) is 2. The zero-order chi connectivity index (χ0) is 23.3. The molecule has 1 aliphatic rings. The Bertz CT molecular complexity index is 1050. The number of carbonyl (C=O) groups is 1. The van der Waals surface area contributed by atoms with Crippen LogP contribution in [0.2, 0.25) is 0 Å². The van der Waals surface area contributed by atoms with Crippen LogP contribution in [0.3, 0.4) is 0 Å². The van der Waals surface area contributed by atoms with Crippen molar-refractivity contribution in [3.05, 3.63) is 64.7 Å². The maximum Gasteiger partial charge on any atom is 0.243 e. The van der Waals surface area contributed by atoms with Crippen molar-refractivity contribution in [3.63, 3.8) is 0 Å². The second-order valence-electron chi connectivity index (χ2n) is 8.90. The summed E-state index contributed by atoms with van der Waals surface area (Å²) in [5.41, 5.74) is 4.54. The summed E-state index contributed by atoms with van der Waals surface area (Å²) >= 11 is 0. The number of likely N-dealkylation sites (tertiary alicyclic amines) is 1. The third-order valence-electron chi connectivity index (χ3n) is 6.00. The third kappa shape index (κ3) is 6.33. The SMILES string of the molecule is Cc1ccc(C)c(N([C@H](C)C(=O)NCc2cccc(CN3CCCCC3)c2)S(C)(=O)=O)c1. The van der Waals surface area contributed by atoms with E-state index >= 15 is 0 Å². The Kier molecular flexibility index (Phi) is 7.96. The van der Waals surface area contributed by atoms with Crippen molar-refractivity contribution in [1.82, 2.24) is 10.2 Å². The lowest BCUT2D eigenvalue weighted by Crippen LogP contribution is -2.48. The summed E-state index contributed by atoms with van der Waals surface area (Å²) in [7, 11) is -3.64. The predicted molar refractivity (Wildman–Crippen MR) is 130 cm³/mol. The van der Waals surface area contributed by atoms with Gasteiger partial charge in [0.25, 0.3) is 0 Å². The maximum absolute atomic E-state index is 13.0. The number of sulfonamides is 1. The van der Waals surface area contributed by atoms with E-state index < -0.39 is 16.1 Å². The van der Waals surface area contributed by atoms with Gasteiger partial charge in [0.05, 0.1) is 11.9 Å². The Morgan fingerprint density at radius 2 is 1.75 bits per heavy atom. The number of carbonyl (C=O) groups excluding carboxylic acids is 1. The highest BCUT2D eigenvalue weighted by Gasteiger charge is 2.30. The third-order valence-corrected chi connectivity index (χ3v) is 7.23. The molecule has 0 bridgehead atoms. The second kappa shape index (κ2) is 10.5. The minimum atomic E-state index is -3.64. The summed E-state index contributed by atoms with van der Waals surface area (Å²) < 4.78 is 26.4. The van der Waals surface area contributed by atoms with Gasteiger partial charge in [-0.3, -0.25) is 14.0 Å². The molecule has 0 aliphatic carbocycles. The molecule has 1 amide bonds. The number of amides is 1. The molecule has 1 saturated heterocycles. The fourth-order valence-electron chi connectivity index (χ4n) is 4.29. The molecule has 3 rings (SSSR count). The normalized spacial score (nSPS) is 15.9. The average molecular weight is 458 g/mol. The van der Waals surface area contributed by atoms with Gasteiger partial charge >= 0.3 is 0 Å². The number of hydrogen-bond donors (Lipinski definition) is 1. The molecule has 0 unspecified atom stereocenters. The van der Waals surface area contributed by atoms with Gasteiger partial charge in [0.2, 0.25) is 15.9 Å². The first-order valence-electron chi connectivity index (χ1n) is 11.3. The zero-order valence-electron chi connectivity index (χ0n) is 19.6. The highest BCUT2D eigenvalue weighted by Crippen LogP contribution is 2.26. The largest absolute Gasteiger partial charge is 0.350 e. The van der Waals surface area contributed by atoms with E-state index in [0.717, 1.165) is 42.6 Å². The van der Waals surface area contributed by atoms with E-state index in [9.17, 15) is 13.2 Å². The molecule has 0 spiro atoms.